The van der Waals surface area contributed by atoms with Crippen molar-refractivity contribution < 1.29 is 9.53 Å². The third kappa shape index (κ3) is 5.88. The van der Waals surface area contributed by atoms with Crippen molar-refractivity contribution >= 4 is 33.5 Å². The molecule has 2 rings (SSSR count). The summed E-state index contributed by atoms with van der Waals surface area (Å²) in [7, 11) is 0. The van der Waals surface area contributed by atoms with Crippen molar-refractivity contribution in [2.45, 2.75) is 39.3 Å². The van der Waals surface area contributed by atoms with Crippen LogP contribution in [0.25, 0.3) is 0 Å². The quantitative estimate of drug-likeness (QED) is 0.455. The van der Waals surface area contributed by atoms with Crippen molar-refractivity contribution in [3.63, 3.8) is 0 Å². The molecule has 0 saturated carbocycles. The summed E-state index contributed by atoms with van der Waals surface area (Å²) in [6.07, 6.45) is -0.632. The lowest BCUT2D eigenvalue weighted by atomic mass is 10.1. The summed E-state index contributed by atoms with van der Waals surface area (Å²) in [4.78, 5) is 11.8. The Kier molecular flexibility index (Phi) is 6.42. The molecule has 5 nitrogen and oxygen atoms in total. The highest BCUT2D eigenvalue weighted by molar-refractivity contribution is 9.10. The fourth-order valence-corrected chi connectivity index (χ4v) is 2.99. The van der Waals surface area contributed by atoms with Gasteiger partial charge in [0.15, 0.2) is 0 Å². The van der Waals surface area contributed by atoms with Gasteiger partial charge in [-0.2, -0.15) is 0 Å². The molecule has 3 N–H and O–H groups in total. The van der Waals surface area contributed by atoms with E-state index >= 15 is 0 Å². The van der Waals surface area contributed by atoms with Crippen molar-refractivity contribution in [2.24, 2.45) is 0 Å². The molecule has 0 aliphatic rings. The number of anilines is 1. The molecule has 26 heavy (non-hydrogen) atoms. The van der Waals surface area contributed by atoms with Crippen LogP contribution in [-0.2, 0) is 4.74 Å². The van der Waals surface area contributed by atoms with E-state index in [0.29, 0.717) is 5.56 Å². The average Bonchev–Trinajstić information content (AvgIpc) is 2.53. The number of ether oxygens (including phenoxy) is 1. The lowest BCUT2D eigenvalue weighted by molar-refractivity contribution is 0.0563. The highest BCUT2D eigenvalue weighted by Gasteiger charge is 2.17. The van der Waals surface area contributed by atoms with E-state index in [1.54, 1.807) is 32.9 Å². The molecular weight excluding hydrogens is 394 g/mol. The minimum atomic E-state index is -0.632. The number of carbonyl (C=O) groups is 1. The molecule has 0 saturated heterocycles. The van der Waals surface area contributed by atoms with Gasteiger partial charge in [-0.25, -0.2) is 4.79 Å². The van der Waals surface area contributed by atoms with E-state index in [2.05, 4.69) is 39.6 Å². The van der Waals surface area contributed by atoms with E-state index < -0.39 is 11.7 Å². The van der Waals surface area contributed by atoms with Gasteiger partial charge in [0, 0.05) is 21.8 Å². The Hall–Kier alpha value is -2.34. The van der Waals surface area contributed by atoms with Crippen molar-refractivity contribution in [1.29, 1.82) is 5.41 Å². The zero-order chi connectivity index (χ0) is 19.3. The predicted octanol–water partition coefficient (Wildman–Crippen LogP) is 5.47. The zero-order valence-corrected chi connectivity index (χ0v) is 17.0. The Morgan fingerprint density at radius 3 is 2.31 bits per heavy atom. The molecule has 0 aliphatic heterocycles. The first-order chi connectivity index (χ1) is 12.2. The topological polar surface area (TPSA) is 74.2 Å². The van der Waals surface area contributed by atoms with E-state index in [1.165, 1.54) is 0 Å². The maximum atomic E-state index is 11.8. The number of amides is 1. The highest BCUT2D eigenvalue weighted by atomic mass is 79.9. The third-order valence-electron chi connectivity index (χ3n) is 3.55. The number of halogens is 1. The number of hydrogen-bond acceptors (Lipinski definition) is 4. The zero-order valence-electron chi connectivity index (χ0n) is 15.4. The minimum Gasteiger partial charge on any atom is -0.444 e. The van der Waals surface area contributed by atoms with E-state index in [1.807, 2.05) is 30.3 Å². The molecule has 0 bridgehead atoms. The summed E-state index contributed by atoms with van der Waals surface area (Å²) in [6, 6.07) is 15.5. The van der Waals surface area contributed by atoms with Crippen molar-refractivity contribution in [1.82, 2.24) is 5.32 Å². The van der Waals surface area contributed by atoms with Crippen molar-refractivity contribution in [2.75, 3.05) is 5.32 Å². The van der Waals surface area contributed by atoms with E-state index in [0.717, 1.165) is 15.7 Å². The molecule has 2 aromatic carbocycles. The van der Waals surface area contributed by atoms with Crippen LogP contribution in [0.5, 0.6) is 0 Å². The highest BCUT2D eigenvalue weighted by Crippen LogP contribution is 2.26. The maximum Gasteiger partial charge on any atom is 0.413 e. The number of hydrogen-bond donors (Lipinski definition) is 3. The molecule has 6 heteroatoms. The fraction of sp³-hybridized carbons (Fsp3) is 0.300. The predicted molar refractivity (Wildman–Crippen MR) is 109 cm³/mol. The molecule has 138 valence electrons. The number of alkyl carbamates (subject to hydrolysis) is 1. The molecule has 0 aliphatic carbocycles. The number of rotatable bonds is 4. The van der Waals surface area contributed by atoms with Crippen LogP contribution in [0.3, 0.4) is 0 Å². The number of benzene rings is 2. The summed E-state index contributed by atoms with van der Waals surface area (Å²) in [5.41, 5.74) is 2.10. The van der Waals surface area contributed by atoms with Gasteiger partial charge in [0.1, 0.15) is 11.4 Å². The molecule has 0 heterocycles. The SMILES string of the molecule is CC(Nc1ccc(C(=N)NC(=O)OC(C)(C)C)cc1)c1ccccc1Br. The van der Waals surface area contributed by atoms with Gasteiger partial charge in [-0.05, 0) is 63.6 Å². The molecule has 1 atom stereocenters. The second-order valence-electron chi connectivity index (χ2n) is 6.97. The van der Waals surface area contributed by atoms with Crippen LogP contribution in [0.15, 0.2) is 53.0 Å². The second-order valence-corrected chi connectivity index (χ2v) is 7.82. The van der Waals surface area contributed by atoms with Gasteiger partial charge in [-0.1, -0.05) is 34.1 Å². The Bertz CT molecular complexity index is 782. The van der Waals surface area contributed by atoms with Crippen LogP contribution >= 0.6 is 15.9 Å². The molecular formula is C20H24BrN3O2. The lowest BCUT2D eigenvalue weighted by Crippen LogP contribution is -2.36. The fourth-order valence-electron chi connectivity index (χ4n) is 2.36. The van der Waals surface area contributed by atoms with Crippen LogP contribution in [0.2, 0.25) is 0 Å². The van der Waals surface area contributed by atoms with Crippen LogP contribution in [0.4, 0.5) is 10.5 Å². The van der Waals surface area contributed by atoms with Crippen molar-refractivity contribution in [3.05, 3.63) is 64.1 Å². The molecule has 0 spiro atoms. The number of carbonyl (C=O) groups excluding carboxylic acids is 1. The van der Waals surface area contributed by atoms with Crippen LogP contribution < -0.4 is 10.6 Å². The van der Waals surface area contributed by atoms with E-state index in [4.69, 9.17) is 10.1 Å². The van der Waals surface area contributed by atoms with Gasteiger partial charge >= 0.3 is 6.09 Å². The molecule has 1 amide bonds. The van der Waals surface area contributed by atoms with Crippen LogP contribution in [-0.4, -0.2) is 17.5 Å². The standard InChI is InChI=1S/C20H24BrN3O2/c1-13(16-7-5-6-8-17(16)21)23-15-11-9-14(10-12-15)18(22)24-19(25)26-20(2,3)4/h5-13,23H,1-4H3,(H2,22,24,25). The van der Waals surface area contributed by atoms with Gasteiger partial charge in [0.25, 0.3) is 0 Å². The summed E-state index contributed by atoms with van der Waals surface area (Å²) in [6.45, 7) is 7.43. The molecule has 1 unspecified atom stereocenters. The maximum absolute atomic E-state index is 11.8. The van der Waals surface area contributed by atoms with Crippen LogP contribution in [0, 0.1) is 5.41 Å². The van der Waals surface area contributed by atoms with Gasteiger partial charge < -0.3 is 10.1 Å². The normalized spacial score (nSPS) is 12.2. The molecule has 0 fully saturated rings. The van der Waals surface area contributed by atoms with Gasteiger partial charge in [0.2, 0.25) is 0 Å². The smallest absolute Gasteiger partial charge is 0.413 e. The second kappa shape index (κ2) is 8.36. The van der Waals surface area contributed by atoms with Gasteiger partial charge in [-0.3, -0.25) is 10.7 Å². The summed E-state index contributed by atoms with van der Waals surface area (Å²) in [5, 5.41) is 13.9. The summed E-state index contributed by atoms with van der Waals surface area (Å²) >= 11 is 3.56. The molecule has 0 radical (unpaired) electrons. The van der Waals surface area contributed by atoms with E-state index in [-0.39, 0.29) is 11.9 Å². The van der Waals surface area contributed by atoms with Gasteiger partial charge in [-0.15, -0.1) is 0 Å². The first kappa shape index (κ1) is 20.0. The molecule has 0 aromatic heterocycles. The largest absolute Gasteiger partial charge is 0.444 e. The number of amidine groups is 1. The monoisotopic (exact) mass is 417 g/mol. The minimum absolute atomic E-state index is 0.00431. The Morgan fingerprint density at radius 1 is 1.12 bits per heavy atom. The van der Waals surface area contributed by atoms with Crippen molar-refractivity contribution in [3.8, 4) is 0 Å². The third-order valence-corrected chi connectivity index (χ3v) is 4.28. The summed E-state index contributed by atoms with van der Waals surface area (Å²) < 4.78 is 6.21. The Labute approximate surface area is 162 Å². The van der Waals surface area contributed by atoms with Crippen LogP contribution in [0.1, 0.15) is 44.9 Å². The first-order valence-electron chi connectivity index (χ1n) is 8.35. The van der Waals surface area contributed by atoms with E-state index in [9.17, 15) is 4.79 Å². The Balaban J connectivity index is 1.98. The van der Waals surface area contributed by atoms with Gasteiger partial charge in [0.05, 0.1) is 0 Å². The average molecular weight is 418 g/mol. The Morgan fingerprint density at radius 2 is 1.73 bits per heavy atom. The lowest BCUT2D eigenvalue weighted by Gasteiger charge is -2.20. The first-order valence-corrected chi connectivity index (χ1v) is 9.15. The molecule has 2 aromatic rings. The number of nitrogens with one attached hydrogen (secondary N) is 3. The summed E-state index contributed by atoms with van der Waals surface area (Å²) in [5.74, 6) is 0.00431.